The lowest BCUT2D eigenvalue weighted by Crippen LogP contribution is -2.39. The van der Waals surface area contributed by atoms with E-state index in [1.54, 1.807) is 12.4 Å². The highest BCUT2D eigenvalue weighted by Crippen LogP contribution is 2.10. The zero-order valence-electron chi connectivity index (χ0n) is 10.9. The van der Waals surface area contributed by atoms with Crippen molar-refractivity contribution in [3.8, 4) is 0 Å². The second-order valence-corrected chi connectivity index (χ2v) is 4.63. The maximum Gasteiger partial charge on any atom is 0.260 e. The van der Waals surface area contributed by atoms with Crippen LogP contribution < -0.4 is 0 Å². The lowest BCUT2D eigenvalue weighted by molar-refractivity contribution is -0.464. The fourth-order valence-corrected chi connectivity index (χ4v) is 2.19. The molecular weight excluding hydrogens is 244 g/mol. The monoisotopic (exact) mass is 262 g/mol. The van der Waals surface area contributed by atoms with E-state index in [0.29, 0.717) is 12.4 Å². The summed E-state index contributed by atoms with van der Waals surface area (Å²) in [5, 5.41) is 10.7. The van der Waals surface area contributed by atoms with Crippen molar-refractivity contribution in [1.82, 2.24) is 9.88 Å². The molecule has 0 aliphatic carbocycles. The van der Waals surface area contributed by atoms with E-state index in [0.717, 1.165) is 31.5 Å². The van der Waals surface area contributed by atoms with Crippen LogP contribution in [0, 0.1) is 10.1 Å². The van der Waals surface area contributed by atoms with Crippen molar-refractivity contribution in [2.75, 3.05) is 19.6 Å². The van der Waals surface area contributed by atoms with Gasteiger partial charge < -0.3 is 4.90 Å². The average molecular weight is 262 g/mol. The van der Waals surface area contributed by atoms with Gasteiger partial charge in [0.2, 0.25) is 0 Å². The molecule has 1 aromatic rings. The lowest BCUT2D eigenvalue weighted by atomic mass is 10.1. The third-order valence-corrected chi connectivity index (χ3v) is 3.16. The van der Waals surface area contributed by atoms with Gasteiger partial charge in [0.05, 0.1) is 6.54 Å². The fraction of sp³-hybridized carbons (Fsp3) is 0.538. The number of pyridine rings is 1. The van der Waals surface area contributed by atoms with E-state index in [9.17, 15) is 10.1 Å². The summed E-state index contributed by atoms with van der Waals surface area (Å²) < 4.78 is 0. The zero-order chi connectivity index (χ0) is 13.5. The molecule has 6 heteroatoms. The standard InChI is InChI=1S/C13H18N4O2/c18-17(19)11-13(16-7-2-1-3-8-16)15-10-12-5-4-6-14-9-12/h4-6,9H,1-3,7-8,10-11H2. The van der Waals surface area contributed by atoms with E-state index in [-0.39, 0.29) is 11.5 Å². The van der Waals surface area contributed by atoms with Gasteiger partial charge in [0, 0.05) is 30.4 Å². The van der Waals surface area contributed by atoms with E-state index in [4.69, 9.17) is 0 Å². The van der Waals surface area contributed by atoms with Crippen molar-refractivity contribution in [2.45, 2.75) is 25.8 Å². The van der Waals surface area contributed by atoms with Gasteiger partial charge in [0.15, 0.2) is 5.84 Å². The Morgan fingerprint density at radius 3 is 2.84 bits per heavy atom. The Hall–Kier alpha value is -1.98. The number of hydrogen-bond acceptors (Lipinski definition) is 4. The largest absolute Gasteiger partial charge is 0.355 e. The van der Waals surface area contributed by atoms with Gasteiger partial charge in [0.1, 0.15) is 0 Å². The molecule has 0 radical (unpaired) electrons. The number of amidine groups is 1. The summed E-state index contributed by atoms with van der Waals surface area (Å²) in [7, 11) is 0. The summed E-state index contributed by atoms with van der Waals surface area (Å²) in [4.78, 5) is 20.9. The van der Waals surface area contributed by atoms with Crippen LogP contribution in [0.2, 0.25) is 0 Å². The van der Waals surface area contributed by atoms with Gasteiger partial charge in [-0.15, -0.1) is 0 Å². The number of aromatic nitrogens is 1. The van der Waals surface area contributed by atoms with Crippen LogP contribution in [0.25, 0.3) is 0 Å². The van der Waals surface area contributed by atoms with E-state index >= 15 is 0 Å². The average Bonchev–Trinajstić information content (AvgIpc) is 2.45. The molecular formula is C13H18N4O2. The van der Waals surface area contributed by atoms with Gasteiger partial charge in [-0.3, -0.25) is 20.1 Å². The third-order valence-electron chi connectivity index (χ3n) is 3.16. The molecule has 0 amide bonds. The maximum atomic E-state index is 10.7. The Morgan fingerprint density at radius 2 is 2.21 bits per heavy atom. The molecule has 0 N–H and O–H groups in total. The summed E-state index contributed by atoms with van der Waals surface area (Å²) in [5.74, 6) is 0.591. The van der Waals surface area contributed by atoms with E-state index in [2.05, 4.69) is 9.98 Å². The molecule has 0 spiro atoms. The lowest BCUT2D eigenvalue weighted by Gasteiger charge is -2.28. The Morgan fingerprint density at radius 1 is 1.42 bits per heavy atom. The predicted octanol–water partition coefficient (Wildman–Crippen LogP) is 1.74. The summed E-state index contributed by atoms with van der Waals surface area (Å²) >= 11 is 0. The Bertz CT molecular complexity index is 441. The van der Waals surface area contributed by atoms with Crippen LogP contribution in [0.15, 0.2) is 29.5 Å². The number of aliphatic imine (C=N–C) groups is 1. The Balaban J connectivity index is 2.05. The predicted molar refractivity (Wildman–Crippen MR) is 72.7 cm³/mol. The van der Waals surface area contributed by atoms with Crippen molar-refractivity contribution in [3.05, 3.63) is 40.2 Å². The van der Waals surface area contributed by atoms with Gasteiger partial charge in [0.25, 0.3) is 6.54 Å². The second kappa shape index (κ2) is 6.82. The summed E-state index contributed by atoms with van der Waals surface area (Å²) in [5.41, 5.74) is 0.973. The molecule has 0 saturated carbocycles. The number of nitrogens with zero attached hydrogens (tertiary/aromatic N) is 4. The summed E-state index contributed by atoms with van der Waals surface area (Å²) in [6.45, 7) is 2.01. The molecule has 1 fully saturated rings. The highest BCUT2D eigenvalue weighted by molar-refractivity contribution is 5.83. The number of nitro groups is 1. The molecule has 1 saturated heterocycles. The van der Waals surface area contributed by atoms with Gasteiger partial charge in [-0.05, 0) is 30.9 Å². The van der Waals surface area contributed by atoms with Crippen LogP contribution in [-0.4, -0.2) is 40.3 Å². The molecule has 0 bridgehead atoms. The van der Waals surface area contributed by atoms with Crippen LogP contribution in [0.4, 0.5) is 0 Å². The highest BCUT2D eigenvalue weighted by Gasteiger charge is 2.18. The number of piperidine rings is 1. The molecule has 1 aromatic heterocycles. The second-order valence-electron chi connectivity index (χ2n) is 4.63. The minimum Gasteiger partial charge on any atom is -0.355 e. The molecule has 102 valence electrons. The van der Waals surface area contributed by atoms with Crippen molar-refractivity contribution in [3.63, 3.8) is 0 Å². The number of rotatable bonds is 4. The zero-order valence-corrected chi connectivity index (χ0v) is 10.9. The minimum atomic E-state index is -0.309. The highest BCUT2D eigenvalue weighted by atomic mass is 16.6. The van der Waals surface area contributed by atoms with E-state index in [1.807, 2.05) is 17.0 Å². The topological polar surface area (TPSA) is 71.6 Å². The van der Waals surface area contributed by atoms with E-state index in [1.165, 1.54) is 6.42 Å². The molecule has 0 aromatic carbocycles. The van der Waals surface area contributed by atoms with Crippen molar-refractivity contribution < 1.29 is 4.92 Å². The van der Waals surface area contributed by atoms with Crippen LogP contribution in [0.3, 0.4) is 0 Å². The first-order valence-corrected chi connectivity index (χ1v) is 6.54. The molecule has 1 aliphatic rings. The van der Waals surface area contributed by atoms with Crippen LogP contribution in [-0.2, 0) is 6.54 Å². The van der Waals surface area contributed by atoms with Gasteiger partial charge in [-0.2, -0.15) is 0 Å². The van der Waals surface area contributed by atoms with Crippen LogP contribution in [0.5, 0.6) is 0 Å². The van der Waals surface area contributed by atoms with Crippen molar-refractivity contribution in [2.24, 2.45) is 4.99 Å². The molecule has 6 nitrogen and oxygen atoms in total. The summed E-state index contributed by atoms with van der Waals surface area (Å²) in [6, 6.07) is 3.77. The van der Waals surface area contributed by atoms with Crippen molar-refractivity contribution >= 4 is 5.84 Å². The first kappa shape index (κ1) is 13.5. The first-order valence-electron chi connectivity index (χ1n) is 6.54. The smallest absolute Gasteiger partial charge is 0.260 e. The fourth-order valence-electron chi connectivity index (χ4n) is 2.19. The molecule has 19 heavy (non-hydrogen) atoms. The first-order chi connectivity index (χ1) is 9.25. The van der Waals surface area contributed by atoms with Gasteiger partial charge >= 0.3 is 0 Å². The van der Waals surface area contributed by atoms with Crippen LogP contribution >= 0.6 is 0 Å². The molecule has 0 unspecified atom stereocenters. The van der Waals surface area contributed by atoms with Gasteiger partial charge in [-0.1, -0.05) is 6.07 Å². The molecule has 2 heterocycles. The molecule has 2 rings (SSSR count). The Labute approximate surface area is 112 Å². The minimum absolute atomic E-state index is 0.194. The summed E-state index contributed by atoms with van der Waals surface area (Å²) in [6.07, 6.45) is 6.82. The number of hydrogen-bond donors (Lipinski definition) is 0. The SMILES string of the molecule is O=[N+]([O-])CC(=NCc1cccnc1)N1CCCCC1. The van der Waals surface area contributed by atoms with Crippen LogP contribution in [0.1, 0.15) is 24.8 Å². The number of likely N-dealkylation sites (tertiary alicyclic amines) is 1. The maximum absolute atomic E-state index is 10.7. The third kappa shape index (κ3) is 4.31. The van der Waals surface area contributed by atoms with E-state index < -0.39 is 0 Å². The van der Waals surface area contributed by atoms with Crippen molar-refractivity contribution in [1.29, 1.82) is 0 Å². The molecule has 1 aliphatic heterocycles. The molecule has 0 atom stereocenters. The normalized spacial score (nSPS) is 16.4. The van der Waals surface area contributed by atoms with Gasteiger partial charge in [-0.25, -0.2) is 0 Å². The Kier molecular flexibility index (Phi) is 4.83. The quantitative estimate of drug-likeness (QED) is 0.358.